The third-order valence-electron chi connectivity index (χ3n) is 2.67. The van der Waals surface area contributed by atoms with E-state index >= 15 is 0 Å². The summed E-state index contributed by atoms with van der Waals surface area (Å²) >= 11 is 0. The van der Waals surface area contributed by atoms with Gasteiger partial charge in [0, 0.05) is 12.1 Å². The molecule has 1 fully saturated rings. The number of morpholine rings is 1. The molecule has 0 amide bonds. The largest absolute Gasteiger partial charge is 0.494 e. The molecule has 1 N–H and O–H groups in total. The lowest BCUT2D eigenvalue weighted by Crippen LogP contribution is -2.46. The van der Waals surface area contributed by atoms with E-state index in [-0.39, 0.29) is 11.8 Å². The number of benzene rings is 1. The first kappa shape index (κ1) is 12.1. The molecule has 0 aliphatic carbocycles. The second kappa shape index (κ2) is 5.80. The fourth-order valence-electron chi connectivity index (χ4n) is 1.84. The van der Waals surface area contributed by atoms with Gasteiger partial charge in [0.05, 0.1) is 25.9 Å². The highest BCUT2D eigenvalue weighted by atomic mass is 16.5. The lowest BCUT2D eigenvalue weighted by atomic mass is 10.0. The number of hydrogen-bond acceptors (Lipinski definition) is 4. The van der Waals surface area contributed by atoms with Crippen molar-refractivity contribution in [3.63, 3.8) is 0 Å². The van der Waals surface area contributed by atoms with E-state index in [2.05, 4.69) is 5.32 Å². The molecule has 1 aliphatic rings. The Hall–Kier alpha value is -1.39. The molecular weight excluding hydrogens is 218 g/mol. The van der Waals surface area contributed by atoms with Crippen molar-refractivity contribution in [1.82, 2.24) is 5.32 Å². The summed E-state index contributed by atoms with van der Waals surface area (Å²) in [5.41, 5.74) is 0.666. The summed E-state index contributed by atoms with van der Waals surface area (Å²) in [6.07, 6.45) is 0. The van der Waals surface area contributed by atoms with E-state index in [1.807, 2.05) is 19.1 Å². The number of hydrogen-bond donors (Lipinski definition) is 1. The number of nitrogens with one attached hydrogen (secondary N) is 1. The van der Waals surface area contributed by atoms with Crippen molar-refractivity contribution in [2.45, 2.75) is 13.0 Å². The van der Waals surface area contributed by atoms with Gasteiger partial charge in [-0.2, -0.15) is 0 Å². The normalized spacial score (nSPS) is 19.9. The van der Waals surface area contributed by atoms with Crippen LogP contribution in [0.5, 0.6) is 5.75 Å². The van der Waals surface area contributed by atoms with Crippen molar-refractivity contribution in [3.05, 3.63) is 29.8 Å². The van der Waals surface area contributed by atoms with E-state index in [4.69, 9.17) is 9.47 Å². The SMILES string of the molecule is CCOc1cccc(C(=O)C2COCCN2)c1. The van der Waals surface area contributed by atoms with Gasteiger partial charge in [0.2, 0.25) is 0 Å². The number of Topliss-reactive ketones (excluding diaryl/α,β-unsaturated/α-hetero) is 1. The molecule has 1 unspecified atom stereocenters. The molecule has 0 saturated carbocycles. The van der Waals surface area contributed by atoms with Crippen LogP contribution >= 0.6 is 0 Å². The van der Waals surface area contributed by atoms with Gasteiger partial charge in [-0.3, -0.25) is 4.79 Å². The van der Waals surface area contributed by atoms with Crippen LogP contribution < -0.4 is 10.1 Å². The molecule has 4 heteroatoms. The maximum absolute atomic E-state index is 12.2. The molecule has 2 rings (SSSR count). The van der Waals surface area contributed by atoms with E-state index in [0.29, 0.717) is 25.4 Å². The topological polar surface area (TPSA) is 47.6 Å². The molecule has 1 heterocycles. The van der Waals surface area contributed by atoms with Gasteiger partial charge in [-0.05, 0) is 19.1 Å². The Morgan fingerprint density at radius 2 is 2.47 bits per heavy atom. The first-order valence-corrected chi connectivity index (χ1v) is 5.89. The second-order valence-corrected chi connectivity index (χ2v) is 3.91. The lowest BCUT2D eigenvalue weighted by Gasteiger charge is -2.22. The number of ether oxygens (including phenoxy) is 2. The Balaban J connectivity index is 2.09. The van der Waals surface area contributed by atoms with Gasteiger partial charge in [0.25, 0.3) is 0 Å². The summed E-state index contributed by atoms with van der Waals surface area (Å²) in [7, 11) is 0. The van der Waals surface area contributed by atoms with Gasteiger partial charge in [0.15, 0.2) is 5.78 Å². The van der Waals surface area contributed by atoms with Gasteiger partial charge in [-0.1, -0.05) is 12.1 Å². The molecule has 0 bridgehead atoms. The number of carbonyl (C=O) groups is 1. The average Bonchev–Trinajstić information content (AvgIpc) is 2.40. The van der Waals surface area contributed by atoms with Crippen molar-refractivity contribution in [2.75, 3.05) is 26.4 Å². The third-order valence-corrected chi connectivity index (χ3v) is 2.67. The first-order valence-electron chi connectivity index (χ1n) is 5.89. The van der Waals surface area contributed by atoms with Crippen molar-refractivity contribution in [2.24, 2.45) is 0 Å². The van der Waals surface area contributed by atoms with Gasteiger partial charge >= 0.3 is 0 Å². The summed E-state index contributed by atoms with van der Waals surface area (Å²) in [4.78, 5) is 12.2. The van der Waals surface area contributed by atoms with Gasteiger partial charge in [-0.15, -0.1) is 0 Å². The fraction of sp³-hybridized carbons (Fsp3) is 0.462. The van der Waals surface area contributed by atoms with Crippen LogP contribution in [0.1, 0.15) is 17.3 Å². The Labute approximate surface area is 101 Å². The predicted octanol–water partition coefficient (Wildman–Crippen LogP) is 1.26. The summed E-state index contributed by atoms with van der Waals surface area (Å²) < 4.78 is 10.7. The molecule has 1 atom stereocenters. The highest BCUT2D eigenvalue weighted by Gasteiger charge is 2.22. The predicted molar refractivity (Wildman–Crippen MR) is 64.6 cm³/mol. The van der Waals surface area contributed by atoms with Crippen molar-refractivity contribution >= 4 is 5.78 Å². The van der Waals surface area contributed by atoms with Crippen LogP contribution in [0, 0.1) is 0 Å². The third kappa shape index (κ3) is 3.05. The minimum atomic E-state index is -0.236. The molecule has 1 aromatic rings. The quantitative estimate of drug-likeness (QED) is 0.798. The van der Waals surface area contributed by atoms with Gasteiger partial charge < -0.3 is 14.8 Å². The Morgan fingerprint density at radius 3 is 3.18 bits per heavy atom. The van der Waals surface area contributed by atoms with E-state index in [1.54, 1.807) is 12.1 Å². The van der Waals surface area contributed by atoms with Gasteiger partial charge in [-0.25, -0.2) is 0 Å². The monoisotopic (exact) mass is 235 g/mol. The lowest BCUT2D eigenvalue weighted by molar-refractivity contribution is 0.0607. The van der Waals surface area contributed by atoms with Crippen LogP contribution in [-0.4, -0.2) is 38.2 Å². The van der Waals surface area contributed by atoms with Crippen molar-refractivity contribution in [1.29, 1.82) is 0 Å². The molecule has 17 heavy (non-hydrogen) atoms. The fourth-order valence-corrected chi connectivity index (χ4v) is 1.84. The van der Waals surface area contributed by atoms with E-state index in [1.165, 1.54) is 0 Å². The molecule has 0 spiro atoms. The van der Waals surface area contributed by atoms with Crippen LogP contribution in [0.2, 0.25) is 0 Å². The maximum Gasteiger partial charge on any atom is 0.182 e. The minimum absolute atomic E-state index is 0.0613. The standard InChI is InChI=1S/C13H17NO3/c1-2-17-11-5-3-4-10(8-11)13(15)12-9-16-7-6-14-12/h3-5,8,12,14H,2,6-7,9H2,1H3. The molecule has 0 aromatic heterocycles. The summed E-state index contributed by atoms with van der Waals surface area (Å²) in [5.74, 6) is 0.793. The first-order chi connectivity index (χ1) is 8.31. The van der Waals surface area contributed by atoms with Crippen LogP contribution in [0.4, 0.5) is 0 Å². The molecule has 4 nitrogen and oxygen atoms in total. The van der Waals surface area contributed by atoms with Crippen LogP contribution in [0.15, 0.2) is 24.3 Å². The van der Waals surface area contributed by atoms with Gasteiger partial charge in [0.1, 0.15) is 5.75 Å². The van der Waals surface area contributed by atoms with Crippen LogP contribution in [-0.2, 0) is 4.74 Å². The van der Waals surface area contributed by atoms with Crippen molar-refractivity contribution in [3.8, 4) is 5.75 Å². The molecule has 1 aromatic carbocycles. The summed E-state index contributed by atoms with van der Waals surface area (Å²) in [6, 6.07) is 7.04. The molecule has 0 radical (unpaired) electrons. The molecule has 1 saturated heterocycles. The smallest absolute Gasteiger partial charge is 0.182 e. The molecule has 92 valence electrons. The zero-order chi connectivity index (χ0) is 12.1. The minimum Gasteiger partial charge on any atom is -0.494 e. The van der Waals surface area contributed by atoms with Crippen LogP contribution in [0.3, 0.4) is 0 Å². The van der Waals surface area contributed by atoms with E-state index < -0.39 is 0 Å². The zero-order valence-corrected chi connectivity index (χ0v) is 9.94. The maximum atomic E-state index is 12.2. The summed E-state index contributed by atoms with van der Waals surface area (Å²) in [6.45, 7) is 4.36. The second-order valence-electron chi connectivity index (χ2n) is 3.91. The van der Waals surface area contributed by atoms with Crippen LogP contribution in [0.25, 0.3) is 0 Å². The van der Waals surface area contributed by atoms with E-state index in [9.17, 15) is 4.79 Å². The summed E-state index contributed by atoms with van der Waals surface area (Å²) in [5, 5.41) is 3.15. The number of carbonyl (C=O) groups excluding carboxylic acids is 1. The Bertz CT molecular complexity index is 386. The highest BCUT2D eigenvalue weighted by molar-refractivity contribution is 6.00. The molecule has 1 aliphatic heterocycles. The van der Waals surface area contributed by atoms with E-state index in [0.717, 1.165) is 12.3 Å². The molecular formula is C13H17NO3. The zero-order valence-electron chi connectivity index (χ0n) is 9.94. The number of rotatable bonds is 4. The Kier molecular flexibility index (Phi) is 4.12. The average molecular weight is 235 g/mol. The Morgan fingerprint density at radius 1 is 1.59 bits per heavy atom. The van der Waals surface area contributed by atoms with Crippen molar-refractivity contribution < 1.29 is 14.3 Å². The highest BCUT2D eigenvalue weighted by Crippen LogP contribution is 2.15. The number of ketones is 1.